The molecule has 19 heavy (non-hydrogen) atoms. The summed E-state index contributed by atoms with van der Waals surface area (Å²) in [4.78, 5) is 0. The number of hydrazine groups is 1. The van der Waals surface area contributed by atoms with Gasteiger partial charge in [-0.3, -0.25) is 11.3 Å². The van der Waals surface area contributed by atoms with Crippen LogP contribution in [-0.4, -0.2) is 20.3 Å². The number of nitrogens with one attached hydrogen (secondary N) is 1. The summed E-state index contributed by atoms with van der Waals surface area (Å²) < 4.78 is 24.0. The zero-order valence-corrected chi connectivity index (χ0v) is 11.2. The summed E-state index contributed by atoms with van der Waals surface area (Å²) in [5, 5.41) is 0. The van der Waals surface area contributed by atoms with Crippen molar-refractivity contribution < 1.29 is 13.9 Å². The molecule has 0 amide bonds. The summed E-state index contributed by atoms with van der Waals surface area (Å²) >= 11 is 0. The van der Waals surface area contributed by atoms with Crippen molar-refractivity contribution in [3.8, 4) is 5.75 Å². The number of benzene rings is 1. The molecule has 106 valence electrons. The molecule has 1 aliphatic heterocycles. The average molecular weight is 268 g/mol. The van der Waals surface area contributed by atoms with Gasteiger partial charge in [-0.1, -0.05) is 6.07 Å². The second-order valence-corrected chi connectivity index (χ2v) is 4.90. The van der Waals surface area contributed by atoms with Crippen LogP contribution in [0.2, 0.25) is 0 Å². The first kappa shape index (κ1) is 14.2. The normalized spacial score (nSPS) is 18.3. The first-order chi connectivity index (χ1) is 9.24. The van der Waals surface area contributed by atoms with Gasteiger partial charge in [0, 0.05) is 19.3 Å². The number of methoxy groups -OCH3 is 1. The Morgan fingerprint density at radius 3 is 2.79 bits per heavy atom. The highest BCUT2D eigenvalue weighted by Gasteiger charge is 2.20. The van der Waals surface area contributed by atoms with E-state index in [9.17, 15) is 4.39 Å². The second-order valence-electron chi connectivity index (χ2n) is 4.90. The Morgan fingerprint density at radius 1 is 1.47 bits per heavy atom. The van der Waals surface area contributed by atoms with Crippen LogP contribution in [0.4, 0.5) is 4.39 Å². The van der Waals surface area contributed by atoms with Crippen molar-refractivity contribution in [1.82, 2.24) is 5.43 Å². The predicted octanol–water partition coefficient (Wildman–Crippen LogP) is 2.16. The van der Waals surface area contributed by atoms with Gasteiger partial charge < -0.3 is 9.47 Å². The highest BCUT2D eigenvalue weighted by Crippen LogP contribution is 2.29. The monoisotopic (exact) mass is 268 g/mol. The van der Waals surface area contributed by atoms with E-state index < -0.39 is 0 Å². The zero-order chi connectivity index (χ0) is 13.7. The van der Waals surface area contributed by atoms with Crippen molar-refractivity contribution in [2.45, 2.75) is 25.3 Å². The Hall–Kier alpha value is -1.17. The Morgan fingerprint density at radius 2 is 2.21 bits per heavy atom. The third-order valence-electron chi connectivity index (χ3n) is 3.69. The number of hydrogen-bond donors (Lipinski definition) is 2. The summed E-state index contributed by atoms with van der Waals surface area (Å²) in [5.74, 6) is 6.08. The van der Waals surface area contributed by atoms with E-state index in [2.05, 4.69) is 5.43 Å². The molecule has 1 atom stereocenters. The summed E-state index contributed by atoms with van der Waals surface area (Å²) in [7, 11) is 1.46. The topological polar surface area (TPSA) is 56.5 Å². The lowest BCUT2D eigenvalue weighted by molar-refractivity contribution is 0.0605. The number of rotatable bonds is 5. The van der Waals surface area contributed by atoms with Crippen LogP contribution in [0.1, 0.15) is 30.9 Å². The van der Waals surface area contributed by atoms with Crippen LogP contribution in [0.3, 0.4) is 0 Å². The fourth-order valence-corrected chi connectivity index (χ4v) is 2.52. The molecule has 0 aliphatic carbocycles. The summed E-state index contributed by atoms with van der Waals surface area (Å²) in [5.41, 5.74) is 3.64. The van der Waals surface area contributed by atoms with Crippen molar-refractivity contribution in [1.29, 1.82) is 0 Å². The SMILES string of the molecule is COc1ccc(C(CC2CCOCC2)NN)cc1F. The van der Waals surface area contributed by atoms with E-state index in [1.807, 2.05) is 6.07 Å². The van der Waals surface area contributed by atoms with Crippen molar-refractivity contribution in [3.63, 3.8) is 0 Å². The van der Waals surface area contributed by atoms with Crippen molar-refractivity contribution in [2.24, 2.45) is 11.8 Å². The lowest BCUT2D eigenvalue weighted by Crippen LogP contribution is -2.31. The van der Waals surface area contributed by atoms with E-state index in [0.717, 1.165) is 38.0 Å². The molecule has 1 unspecified atom stereocenters. The van der Waals surface area contributed by atoms with E-state index in [0.29, 0.717) is 5.92 Å². The fraction of sp³-hybridized carbons (Fsp3) is 0.571. The van der Waals surface area contributed by atoms with Crippen LogP contribution in [0.5, 0.6) is 5.75 Å². The summed E-state index contributed by atoms with van der Waals surface area (Å²) in [6, 6.07) is 4.94. The Bertz CT molecular complexity index is 408. The summed E-state index contributed by atoms with van der Waals surface area (Å²) in [6.45, 7) is 1.61. The van der Waals surface area contributed by atoms with E-state index in [-0.39, 0.29) is 17.6 Å². The Kier molecular flexibility index (Phi) is 5.13. The van der Waals surface area contributed by atoms with Gasteiger partial charge in [-0.25, -0.2) is 4.39 Å². The molecule has 4 nitrogen and oxygen atoms in total. The van der Waals surface area contributed by atoms with Crippen LogP contribution in [0, 0.1) is 11.7 Å². The maximum absolute atomic E-state index is 13.7. The summed E-state index contributed by atoms with van der Waals surface area (Å²) in [6.07, 6.45) is 2.97. The number of nitrogens with two attached hydrogens (primary N) is 1. The maximum atomic E-state index is 13.7. The molecule has 0 radical (unpaired) electrons. The molecule has 3 N–H and O–H groups in total. The maximum Gasteiger partial charge on any atom is 0.165 e. The molecule has 0 saturated carbocycles. The van der Waals surface area contributed by atoms with Gasteiger partial charge in [0.1, 0.15) is 0 Å². The van der Waals surface area contributed by atoms with Crippen LogP contribution in [-0.2, 0) is 4.74 Å². The lowest BCUT2D eigenvalue weighted by Gasteiger charge is -2.26. The highest BCUT2D eigenvalue weighted by atomic mass is 19.1. The highest BCUT2D eigenvalue weighted by molar-refractivity contribution is 5.31. The van der Waals surface area contributed by atoms with Crippen LogP contribution < -0.4 is 16.0 Å². The van der Waals surface area contributed by atoms with Gasteiger partial charge in [0.25, 0.3) is 0 Å². The molecular formula is C14H21FN2O2. The quantitative estimate of drug-likeness (QED) is 0.634. The van der Waals surface area contributed by atoms with Crippen LogP contribution in [0.25, 0.3) is 0 Å². The van der Waals surface area contributed by atoms with Crippen LogP contribution >= 0.6 is 0 Å². The molecule has 1 aromatic rings. The van der Waals surface area contributed by atoms with Gasteiger partial charge >= 0.3 is 0 Å². The number of halogens is 1. The first-order valence-electron chi connectivity index (χ1n) is 6.62. The third kappa shape index (κ3) is 3.65. The zero-order valence-electron chi connectivity index (χ0n) is 11.2. The van der Waals surface area contributed by atoms with Crippen molar-refractivity contribution in [2.75, 3.05) is 20.3 Å². The average Bonchev–Trinajstić information content (AvgIpc) is 2.46. The third-order valence-corrected chi connectivity index (χ3v) is 3.69. The standard InChI is InChI=1S/C14H21FN2O2/c1-18-14-3-2-11(9-12(14)15)13(17-16)8-10-4-6-19-7-5-10/h2-3,9-10,13,17H,4-8,16H2,1H3. The molecule has 1 fully saturated rings. The van der Waals surface area contributed by atoms with Crippen LogP contribution in [0.15, 0.2) is 18.2 Å². The molecular weight excluding hydrogens is 247 g/mol. The molecule has 0 spiro atoms. The van der Waals surface area contributed by atoms with E-state index in [1.165, 1.54) is 13.2 Å². The molecule has 1 saturated heterocycles. The van der Waals surface area contributed by atoms with Gasteiger partial charge in [-0.2, -0.15) is 0 Å². The molecule has 2 rings (SSSR count). The van der Waals surface area contributed by atoms with E-state index in [4.69, 9.17) is 15.3 Å². The van der Waals surface area contributed by atoms with Crippen molar-refractivity contribution in [3.05, 3.63) is 29.6 Å². The molecule has 0 aromatic heterocycles. The fourth-order valence-electron chi connectivity index (χ4n) is 2.52. The smallest absolute Gasteiger partial charge is 0.165 e. The first-order valence-corrected chi connectivity index (χ1v) is 6.62. The van der Waals surface area contributed by atoms with Gasteiger partial charge in [0.2, 0.25) is 0 Å². The minimum Gasteiger partial charge on any atom is -0.494 e. The predicted molar refractivity (Wildman–Crippen MR) is 71.2 cm³/mol. The molecule has 5 heteroatoms. The molecule has 0 bridgehead atoms. The molecule has 1 heterocycles. The van der Waals surface area contributed by atoms with Gasteiger partial charge in [0.05, 0.1) is 7.11 Å². The van der Waals surface area contributed by atoms with Crippen molar-refractivity contribution >= 4 is 0 Å². The minimum absolute atomic E-state index is 0.0384. The largest absolute Gasteiger partial charge is 0.494 e. The van der Waals surface area contributed by atoms with E-state index in [1.54, 1.807) is 6.07 Å². The van der Waals surface area contributed by atoms with Gasteiger partial charge in [-0.15, -0.1) is 0 Å². The van der Waals surface area contributed by atoms with E-state index >= 15 is 0 Å². The molecule has 1 aliphatic rings. The Balaban J connectivity index is 2.05. The Labute approximate surface area is 113 Å². The number of hydrogen-bond acceptors (Lipinski definition) is 4. The second kappa shape index (κ2) is 6.84. The van der Waals surface area contributed by atoms with Gasteiger partial charge in [-0.05, 0) is 42.9 Å². The number of ether oxygens (including phenoxy) is 2. The van der Waals surface area contributed by atoms with Gasteiger partial charge in [0.15, 0.2) is 11.6 Å². The minimum atomic E-state index is -0.354. The molecule has 1 aromatic carbocycles. The lowest BCUT2D eigenvalue weighted by atomic mass is 9.90.